The summed E-state index contributed by atoms with van der Waals surface area (Å²) in [7, 11) is -3.22. The Bertz CT molecular complexity index is 814. The first-order chi connectivity index (χ1) is 14.3. The largest absolute Gasteiger partial charge is 0.381 e. The van der Waals surface area contributed by atoms with Crippen LogP contribution in [0.25, 0.3) is 0 Å². The number of halogens is 1. The predicted octanol–water partition coefficient (Wildman–Crippen LogP) is 1.39. The highest BCUT2D eigenvalue weighted by Gasteiger charge is 2.33. The molecule has 0 saturated carbocycles. The minimum Gasteiger partial charge on any atom is -0.381 e. The lowest BCUT2D eigenvalue weighted by atomic mass is 9.99. The molecule has 0 bridgehead atoms. The van der Waals surface area contributed by atoms with Crippen LogP contribution in [0.3, 0.4) is 0 Å². The van der Waals surface area contributed by atoms with Gasteiger partial charge in [0.15, 0.2) is 0 Å². The fraction of sp³-hybridized carbons (Fsp3) is 0.667. The molecule has 0 aromatic heterocycles. The molecular formula is C21H32FN3O4S. The first kappa shape index (κ1) is 23.1. The summed E-state index contributed by atoms with van der Waals surface area (Å²) in [5, 5.41) is 2.90. The average Bonchev–Trinajstić information content (AvgIpc) is 2.73. The smallest absolute Gasteiger partial charge is 0.224 e. The number of rotatable bonds is 8. The molecule has 2 aliphatic heterocycles. The minimum absolute atomic E-state index is 0.00915. The van der Waals surface area contributed by atoms with Gasteiger partial charge < -0.3 is 10.1 Å². The molecule has 1 atom stereocenters. The van der Waals surface area contributed by atoms with Crippen LogP contribution in [0.4, 0.5) is 4.39 Å². The number of hydrogen-bond donors (Lipinski definition) is 1. The average molecular weight is 442 g/mol. The standard InChI is InChI=1S/C21H32FN3O4S/c1-30(27,28)24-11-4-6-19(16-24)25(18-8-13-29-14-9-18)12-10-23-21(26)15-17-5-2-3-7-20(17)22/h2-3,5,7,18-19H,4,6,8-16H2,1H3,(H,23,26). The zero-order valence-electron chi connectivity index (χ0n) is 17.6. The zero-order valence-corrected chi connectivity index (χ0v) is 18.4. The molecule has 2 saturated heterocycles. The Balaban J connectivity index is 1.59. The van der Waals surface area contributed by atoms with E-state index in [-0.39, 0.29) is 24.2 Å². The molecule has 9 heteroatoms. The lowest BCUT2D eigenvalue weighted by Crippen LogP contribution is -2.55. The molecule has 0 spiro atoms. The summed E-state index contributed by atoms with van der Waals surface area (Å²) in [6.45, 7) is 3.53. The van der Waals surface area contributed by atoms with Gasteiger partial charge in [-0.1, -0.05) is 18.2 Å². The van der Waals surface area contributed by atoms with Gasteiger partial charge in [-0.3, -0.25) is 9.69 Å². The Morgan fingerprint density at radius 1 is 1.23 bits per heavy atom. The molecule has 2 fully saturated rings. The van der Waals surface area contributed by atoms with Crippen molar-refractivity contribution in [2.24, 2.45) is 0 Å². The van der Waals surface area contributed by atoms with Gasteiger partial charge in [-0.2, -0.15) is 0 Å². The van der Waals surface area contributed by atoms with E-state index in [0.29, 0.717) is 51.0 Å². The summed E-state index contributed by atoms with van der Waals surface area (Å²) < 4.78 is 44.9. The fourth-order valence-corrected chi connectivity index (χ4v) is 5.28. The van der Waals surface area contributed by atoms with Crippen molar-refractivity contribution < 1.29 is 22.3 Å². The second-order valence-corrected chi connectivity index (χ2v) is 10.1. The molecule has 30 heavy (non-hydrogen) atoms. The van der Waals surface area contributed by atoms with E-state index in [0.717, 1.165) is 25.7 Å². The second-order valence-electron chi connectivity index (χ2n) is 8.12. The molecule has 168 valence electrons. The predicted molar refractivity (Wildman–Crippen MR) is 113 cm³/mol. The third-order valence-electron chi connectivity index (χ3n) is 5.96. The van der Waals surface area contributed by atoms with Crippen LogP contribution in [-0.4, -0.2) is 81.3 Å². The van der Waals surface area contributed by atoms with Crippen molar-refractivity contribution in [3.05, 3.63) is 35.6 Å². The Kier molecular flexibility index (Phi) is 8.21. The van der Waals surface area contributed by atoms with Crippen molar-refractivity contribution >= 4 is 15.9 Å². The van der Waals surface area contributed by atoms with Crippen molar-refractivity contribution in [1.82, 2.24) is 14.5 Å². The molecular weight excluding hydrogens is 409 g/mol. The van der Waals surface area contributed by atoms with Gasteiger partial charge in [0.05, 0.1) is 12.7 Å². The Morgan fingerprint density at radius 3 is 2.67 bits per heavy atom. The molecule has 3 rings (SSSR count). The maximum Gasteiger partial charge on any atom is 0.224 e. The number of piperidine rings is 1. The van der Waals surface area contributed by atoms with E-state index in [9.17, 15) is 17.6 Å². The maximum absolute atomic E-state index is 13.8. The minimum atomic E-state index is -3.22. The first-order valence-corrected chi connectivity index (χ1v) is 12.5. The van der Waals surface area contributed by atoms with Gasteiger partial charge in [-0.25, -0.2) is 17.1 Å². The summed E-state index contributed by atoms with van der Waals surface area (Å²) in [4.78, 5) is 14.6. The highest BCUT2D eigenvalue weighted by molar-refractivity contribution is 7.88. The van der Waals surface area contributed by atoms with E-state index < -0.39 is 10.0 Å². The van der Waals surface area contributed by atoms with Crippen LogP contribution in [0, 0.1) is 5.82 Å². The van der Waals surface area contributed by atoms with Crippen LogP contribution < -0.4 is 5.32 Å². The molecule has 1 amide bonds. The lowest BCUT2D eigenvalue weighted by molar-refractivity contribution is -0.120. The van der Waals surface area contributed by atoms with E-state index in [1.807, 2.05) is 0 Å². The molecule has 1 aromatic rings. The van der Waals surface area contributed by atoms with Crippen LogP contribution >= 0.6 is 0 Å². The van der Waals surface area contributed by atoms with E-state index >= 15 is 0 Å². The monoisotopic (exact) mass is 441 g/mol. The number of ether oxygens (including phenoxy) is 1. The Labute approximate surface area is 178 Å². The van der Waals surface area contributed by atoms with Crippen molar-refractivity contribution in [2.75, 3.05) is 45.6 Å². The summed E-state index contributed by atoms with van der Waals surface area (Å²) >= 11 is 0. The van der Waals surface area contributed by atoms with E-state index in [1.165, 1.54) is 12.3 Å². The summed E-state index contributed by atoms with van der Waals surface area (Å²) in [5.41, 5.74) is 0.382. The maximum atomic E-state index is 13.8. The van der Waals surface area contributed by atoms with Gasteiger partial charge in [0.2, 0.25) is 15.9 Å². The number of hydrogen-bond acceptors (Lipinski definition) is 5. The van der Waals surface area contributed by atoms with Gasteiger partial charge in [0, 0.05) is 51.5 Å². The summed E-state index contributed by atoms with van der Waals surface area (Å²) in [6, 6.07) is 6.73. The normalized spacial score (nSPS) is 21.6. The fourth-order valence-electron chi connectivity index (χ4n) is 4.37. The van der Waals surface area contributed by atoms with Gasteiger partial charge in [0.1, 0.15) is 5.82 Å². The number of amides is 1. The summed E-state index contributed by atoms with van der Waals surface area (Å²) in [5.74, 6) is -0.590. The van der Waals surface area contributed by atoms with Crippen LogP contribution in [-0.2, 0) is 26.0 Å². The third kappa shape index (κ3) is 6.47. The number of carbonyl (C=O) groups excluding carboxylic acids is 1. The molecule has 0 aliphatic carbocycles. The van der Waals surface area contributed by atoms with Gasteiger partial charge in [-0.15, -0.1) is 0 Å². The number of nitrogens with zero attached hydrogens (tertiary/aromatic N) is 2. The van der Waals surface area contributed by atoms with Gasteiger partial charge in [0.25, 0.3) is 0 Å². The Hall–Kier alpha value is -1.55. The van der Waals surface area contributed by atoms with Crippen LogP contribution in [0.2, 0.25) is 0 Å². The topological polar surface area (TPSA) is 79.0 Å². The molecule has 2 heterocycles. The first-order valence-electron chi connectivity index (χ1n) is 10.6. The lowest BCUT2D eigenvalue weighted by Gasteiger charge is -2.43. The van der Waals surface area contributed by atoms with E-state index in [2.05, 4.69) is 10.2 Å². The van der Waals surface area contributed by atoms with Gasteiger partial charge in [-0.05, 0) is 37.3 Å². The number of nitrogens with one attached hydrogen (secondary N) is 1. The molecule has 1 aromatic carbocycles. The highest BCUT2D eigenvalue weighted by atomic mass is 32.2. The van der Waals surface area contributed by atoms with Crippen molar-refractivity contribution in [3.63, 3.8) is 0 Å². The van der Waals surface area contributed by atoms with Crippen LogP contribution in [0.5, 0.6) is 0 Å². The molecule has 0 radical (unpaired) electrons. The number of carbonyl (C=O) groups is 1. The summed E-state index contributed by atoms with van der Waals surface area (Å²) in [6.07, 6.45) is 4.84. The molecule has 7 nitrogen and oxygen atoms in total. The Morgan fingerprint density at radius 2 is 1.97 bits per heavy atom. The number of sulfonamides is 1. The molecule has 1 unspecified atom stereocenters. The quantitative estimate of drug-likeness (QED) is 0.660. The van der Waals surface area contributed by atoms with E-state index in [1.54, 1.807) is 22.5 Å². The SMILES string of the molecule is CS(=O)(=O)N1CCCC(N(CCNC(=O)Cc2ccccc2F)C2CCOCC2)C1. The highest BCUT2D eigenvalue weighted by Crippen LogP contribution is 2.24. The van der Waals surface area contributed by atoms with Crippen LogP contribution in [0.15, 0.2) is 24.3 Å². The molecule has 1 N–H and O–H groups in total. The second kappa shape index (κ2) is 10.7. The van der Waals surface area contributed by atoms with E-state index in [4.69, 9.17) is 4.74 Å². The zero-order chi connectivity index (χ0) is 21.6. The van der Waals surface area contributed by atoms with Crippen LogP contribution in [0.1, 0.15) is 31.2 Å². The third-order valence-corrected chi connectivity index (χ3v) is 7.23. The van der Waals surface area contributed by atoms with Gasteiger partial charge >= 0.3 is 0 Å². The van der Waals surface area contributed by atoms with Crippen molar-refractivity contribution in [2.45, 2.75) is 44.2 Å². The molecule has 2 aliphatic rings. The number of benzene rings is 1. The van der Waals surface area contributed by atoms with Crippen molar-refractivity contribution in [3.8, 4) is 0 Å². The van der Waals surface area contributed by atoms with Crippen molar-refractivity contribution in [1.29, 1.82) is 0 Å².